The van der Waals surface area contributed by atoms with E-state index in [1.54, 1.807) is 6.20 Å². The maximum absolute atomic E-state index is 6.34. The van der Waals surface area contributed by atoms with Crippen molar-refractivity contribution in [2.75, 3.05) is 0 Å². The average Bonchev–Trinajstić information content (AvgIpc) is 3.44. The van der Waals surface area contributed by atoms with E-state index in [0.29, 0.717) is 23.3 Å². The SMILES string of the molecule is c1ccc(-c2nc(-c3ccccc3)nc(-n3c4ncccc4c4c5ccccc5oc43)n2)cc1. The van der Waals surface area contributed by atoms with Gasteiger partial charge >= 0.3 is 0 Å². The van der Waals surface area contributed by atoms with Crippen molar-refractivity contribution < 1.29 is 4.42 Å². The number of hydrogen-bond donors (Lipinski definition) is 0. The van der Waals surface area contributed by atoms with Gasteiger partial charge < -0.3 is 4.42 Å². The maximum atomic E-state index is 6.34. The lowest BCUT2D eigenvalue weighted by atomic mass is 10.1. The van der Waals surface area contributed by atoms with E-state index in [0.717, 1.165) is 38.5 Å². The number of rotatable bonds is 3. The van der Waals surface area contributed by atoms with Crippen LogP contribution in [0.25, 0.3) is 61.8 Å². The van der Waals surface area contributed by atoms with Gasteiger partial charge in [-0.2, -0.15) is 9.97 Å². The zero-order valence-corrected chi connectivity index (χ0v) is 18.0. The molecule has 4 aromatic heterocycles. The van der Waals surface area contributed by atoms with Gasteiger partial charge in [0.1, 0.15) is 5.58 Å². The Morgan fingerprint density at radius 3 is 1.91 bits per heavy atom. The fourth-order valence-electron chi connectivity index (χ4n) is 4.40. The lowest BCUT2D eigenvalue weighted by Gasteiger charge is -2.09. The van der Waals surface area contributed by atoms with Gasteiger partial charge in [-0.15, -0.1) is 0 Å². The van der Waals surface area contributed by atoms with Gasteiger partial charge in [-0.25, -0.2) is 14.5 Å². The predicted octanol–water partition coefficient (Wildman–Crippen LogP) is 6.44. The van der Waals surface area contributed by atoms with Gasteiger partial charge in [-0.05, 0) is 18.2 Å². The molecule has 0 N–H and O–H groups in total. The Bertz CT molecular complexity index is 1750. The zero-order valence-electron chi connectivity index (χ0n) is 18.0. The minimum atomic E-state index is 0.463. The zero-order chi connectivity index (χ0) is 22.5. The smallest absolute Gasteiger partial charge is 0.242 e. The van der Waals surface area contributed by atoms with E-state index in [9.17, 15) is 0 Å². The fraction of sp³-hybridized carbons (Fsp3) is 0. The molecule has 7 aromatic rings. The second-order valence-electron chi connectivity index (χ2n) is 8.00. The number of nitrogens with zero attached hydrogens (tertiary/aromatic N) is 5. The topological polar surface area (TPSA) is 69.6 Å². The molecule has 6 heteroatoms. The number of furan rings is 1. The first kappa shape index (κ1) is 18.7. The van der Waals surface area contributed by atoms with Crippen LogP contribution >= 0.6 is 0 Å². The number of benzene rings is 3. The van der Waals surface area contributed by atoms with Gasteiger partial charge in [0.25, 0.3) is 0 Å². The summed E-state index contributed by atoms with van der Waals surface area (Å²) >= 11 is 0. The second kappa shape index (κ2) is 7.35. The molecule has 0 atom stereocenters. The monoisotopic (exact) mass is 439 g/mol. The highest BCUT2D eigenvalue weighted by atomic mass is 16.3. The van der Waals surface area contributed by atoms with Crippen LogP contribution in [0.5, 0.6) is 0 Å². The summed E-state index contributed by atoms with van der Waals surface area (Å²) in [6, 6.07) is 31.9. The third kappa shape index (κ3) is 2.82. The highest BCUT2D eigenvalue weighted by Gasteiger charge is 2.22. The van der Waals surface area contributed by atoms with Crippen molar-refractivity contribution >= 4 is 33.1 Å². The van der Waals surface area contributed by atoms with Crippen LogP contribution < -0.4 is 0 Å². The van der Waals surface area contributed by atoms with E-state index >= 15 is 0 Å². The van der Waals surface area contributed by atoms with E-state index < -0.39 is 0 Å². The van der Waals surface area contributed by atoms with E-state index in [1.165, 1.54) is 0 Å². The molecule has 7 rings (SSSR count). The van der Waals surface area contributed by atoms with Crippen LogP contribution in [0.4, 0.5) is 0 Å². The Labute approximate surface area is 194 Å². The molecule has 6 nitrogen and oxygen atoms in total. The maximum Gasteiger partial charge on any atom is 0.242 e. The van der Waals surface area contributed by atoms with Crippen LogP contribution in [0.15, 0.2) is 108 Å². The molecule has 3 aromatic carbocycles. The number of aromatic nitrogens is 5. The third-order valence-corrected chi connectivity index (χ3v) is 5.94. The van der Waals surface area contributed by atoms with E-state index in [4.69, 9.17) is 19.4 Å². The lowest BCUT2D eigenvalue weighted by molar-refractivity contribution is 0.640. The minimum absolute atomic E-state index is 0.463. The fourth-order valence-corrected chi connectivity index (χ4v) is 4.40. The number of pyridine rings is 1. The molecule has 0 aliphatic heterocycles. The van der Waals surface area contributed by atoms with Crippen LogP contribution in [0.3, 0.4) is 0 Å². The van der Waals surface area contributed by atoms with Crippen molar-refractivity contribution in [2.24, 2.45) is 0 Å². The number of fused-ring (bicyclic) bond motifs is 5. The van der Waals surface area contributed by atoms with E-state index in [1.807, 2.05) is 89.5 Å². The van der Waals surface area contributed by atoms with Crippen LogP contribution in [0.1, 0.15) is 0 Å². The first-order chi connectivity index (χ1) is 16.9. The van der Waals surface area contributed by atoms with Gasteiger partial charge in [0.05, 0.1) is 5.39 Å². The van der Waals surface area contributed by atoms with Crippen LogP contribution in [0, 0.1) is 0 Å². The highest BCUT2D eigenvalue weighted by Crippen LogP contribution is 2.37. The van der Waals surface area contributed by atoms with Gasteiger partial charge in [0, 0.05) is 28.1 Å². The molecule has 4 heterocycles. The number of hydrogen-bond acceptors (Lipinski definition) is 5. The standard InChI is InChI=1S/C28H17N5O/c1-3-10-18(11-4-1)24-30-25(19-12-5-2-6-13-19)32-28(31-24)33-26-21(15-9-17-29-26)23-20-14-7-8-16-22(20)34-27(23)33/h1-17H. The summed E-state index contributed by atoms with van der Waals surface area (Å²) in [6.07, 6.45) is 1.78. The molecule has 0 saturated heterocycles. The Morgan fingerprint density at radius 2 is 1.21 bits per heavy atom. The summed E-state index contributed by atoms with van der Waals surface area (Å²) in [5.74, 6) is 1.64. The molecule has 34 heavy (non-hydrogen) atoms. The summed E-state index contributed by atoms with van der Waals surface area (Å²) in [5, 5.41) is 3.03. The van der Waals surface area contributed by atoms with Gasteiger partial charge in [-0.3, -0.25) is 0 Å². The highest BCUT2D eigenvalue weighted by molar-refractivity contribution is 6.18. The molecule has 0 radical (unpaired) electrons. The molecule has 0 spiro atoms. The third-order valence-electron chi connectivity index (χ3n) is 5.94. The molecular weight excluding hydrogens is 422 g/mol. The molecular formula is C28H17N5O. The molecule has 0 saturated carbocycles. The van der Waals surface area contributed by atoms with Gasteiger partial charge in [0.15, 0.2) is 17.3 Å². The molecule has 0 aliphatic rings. The first-order valence-corrected chi connectivity index (χ1v) is 11.0. The largest absolute Gasteiger partial charge is 0.439 e. The lowest BCUT2D eigenvalue weighted by Crippen LogP contribution is -2.06. The summed E-state index contributed by atoms with van der Waals surface area (Å²) in [7, 11) is 0. The summed E-state index contributed by atoms with van der Waals surface area (Å²) in [6.45, 7) is 0. The van der Waals surface area contributed by atoms with Crippen molar-refractivity contribution in [3.8, 4) is 28.7 Å². The Balaban J connectivity index is 1.59. The Kier molecular flexibility index (Phi) is 4.04. The van der Waals surface area contributed by atoms with Gasteiger partial charge in [0.2, 0.25) is 11.7 Å². The molecule has 160 valence electrons. The Morgan fingerprint density at radius 1 is 0.588 bits per heavy atom. The minimum Gasteiger partial charge on any atom is -0.439 e. The summed E-state index contributed by atoms with van der Waals surface area (Å²) in [5.41, 5.74) is 4.04. The van der Waals surface area contributed by atoms with Crippen molar-refractivity contribution in [3.05, 3.63) is 103 Å². The molecule has 0 amide bonds. The molecule has 0 fully saturated rings. The van der Waals surface area contributed by atoms with Crippen molar-refractivity contribution in [1.82, 2.24) is 24.5 Å². The summed E-state index contributed by atoms with van der Waals surface area (Å²) < 4.78 is 8.23. The first-order valence-electron chi connectivity index (χ1n) is 11.0. The quantitative estimate of drug-likeness (QED) is 0.317. The van der Waals surface area contributed by atoms with Crippen molar-refractivity contribution in [1.29, 1.82) is 0 Å². The normalized spacial score (nSPS) is 11.5. The van der Waals surface area contributed by atoms with E-state index in [2.05, 4.69) is 17.1 Å². The van der Waals surface area contributed by atoms with Crippen molar-refractivity contribution in [2.45, 2.75) is 0 Å². The van der Waals surface area contributed by atoms with Crippen LogP contribution in [0.2, 0.25) is 0 Å². The van der Waals surface area contributed by atoms with Crippen molar-refractivity contribution in [3.63, 3.8) is 0 Å². The summed E-state index contributed by atoms with van der Waals surface area (Å²) in [4.78, 5) is 19.2. The molecule has 0 unspecified atom stereocenters. The van der Waals surface area contributed by atoms with Crippen LogP contribution in [-0.4, -0.2) is 24.5 Å². The molecule has 0 aliphatic carbocycles. The van der Waals surface area contributed by atoms with Gasteiger partial charge in [-0.1, -0.05) is 78.9 Å². The number of para-hydroxylation sites is 1. The second-order valence-corrected chi connectivity index (χ2v) is 8.00. The Hall–Kier alpha value is -4.84. The van der Waals surface area contributed by atoms with E-state index in [-0.39, 0.29) is 0 Å². The predicted molar refractivity (Wildman–Crippen MR) is 133 cm³/mol. The molecule has 0 bridgehead atoms. The van der Waals surface area contributed by atoms with Crippen LogP contribution in [-0.2, 0) is 0 Å². The average molecular weight is 439 g/mol.